The molecule has 1 aliphatic heterocycles. The van der Waals surface area contributed by atoms with Gasteiger partial charge in [-0.1, -0.05) is 48.9 Å². The summed E-state index contributed by atoms with van der Waals surface area (Å²) in [6.07, 6.45) is 2.20. The molecule has 28 heavy (non-hydrogen) atoms. The van der Waals surface area contributed by atoms with Crippen molar-refractivity contribution in [3.63, 3.8) is 0 Å². The van der Waals surface area contributed by atoms with Crippen LogP contribution < -0.4 is 10.1 Å². The summed E-state index contributed by atoms with van der Waals surface area (Å²) < 4.78 is 5.69. The number of carbonyl (C=O) groups excluding carboxylic acids is 2. The third kappa shape index (κ3) is 5.04. The summed E-state index contributed by atoms with van der Waals surface area (Å²) >= 11 is 6.07. The highest BCUT2D eigenvalue weighted by molar-refractivity contribution is 6.31. The fourth-order valence-electron chi connectivity index (χ4n) is 3.31. The van der Waals surface area contributed by atoms with Crippen molar-refractivity contribution in [3.8, 4) is 5.75 Å². The van der Waals surface area contributed by atoms with Crippen LogP contribution in [-0.2, 0) is 0 Å². The van der Waals surface area contributed by atoms with Gasteiger partial charge in [-0.25, -0.2) is 4.79 Å². The molecule has 0 aliphatic carbocycles. The number of urea groups is 1. The van der Waals surface area contributed by atoms with Gasteiger partial charge in [0.2, 0.25) is 0 Å². The van der Waals surface area contributed by atoms with Crippen molar-refractivity contribution in [2.45, 2.75) is 26.2 Å². The van der Waals surface area contributed by atoms with Gasteiger partial charge in [-0.3, -0.25) is 4.79 Å². The van der Waals surface area contributed by atoms with E-state index in [0.717, 1.165) is 12.0 Å². The first-order chi connectivity index (χ1) is 13.6. The Kier molecular flexibility index (Phi) is 6.93. The summed E-state index contributed by atoms with van der Waals surface area (Å²) in [6, 6.07) is 14.3. The second-order valence-electron chi connectivity index (χ2n) is 6.91. The molecule has 0 aromatic heterocycles. The van der Waals surface area contributed by atoms with Crippen LogP contribution in [-0.4, -0.2) is 36.4 Å². The smallest absolute Gasteiger partial charge is 0.321 e. The minimum absolute atomic E-state index is 0.0407. The van der Waals surface area contributed by atoms with Gasteiger partial charge in [0.15, 0.2) is 5.78 Å². The highest BCUT2D eigenvalue weighted by atomic mass is 35.5. The highest BCUT2D eigenvalue weighted by Crippen LogP contribution is 2.29. The number of ether oxygens (including phenoxy) is 1. The van der Waals surface area contributed by atoms with Gasteiger partial charge < -0.3 is 15.0 Å². The normalized spacial score (nSPS) is 14.6. The molecular weight excluding hydrogens is 376 g/mol. The van der Waals surface area contributed by atoms with E-state index in [4.69, 9.17) is 16.3 Å². The number of nitrogens with one attached hydrogen (secondary N) is 1. The maximum absolute atomic E-state index is 12.7. The first-order valence-corrected chi connectivity index (χ1v) is 10.0. The number of amides is 2. The van der Waals surface area contributed by atoms with Gasteiger partial charge in [-0.2, -0.15) is 0 Å². The van der Waals surface area contributed by atoms with Crippen molar-refractivity contribution < 1.29 is 14.3 Å². The molecule has 1 saturated heterocycles. The predicted octanol–water partition coefficient (Wildman–Crippen LogP) is 5.26. The van der Waals surface area contributed by atoms with Crippen molar-refractivity contribution in [2.24, 2.45) is 5.92 Å². The number of piperidine rings is 1. The van der Waals surface area contributed by atoms with Gasteiger partial charge in [0.1, 0.15) is 5.75 Å². The number of ketones is 1. The second kappa shape index (κ2) is 9.60. The monoisotopic (exact) mass is 400 g/mol. The van der Waals surface area contributed by atoms with Crippen LogP contribution in [0, 0.1) is 5.92 Å². The van der Waals surface area contributed by atoms with Crippen LogP contribution in [0.15, 0.2) is 48.5 Å². The number of anilines is 1. The van der Waals surface area contributed by atoms with Gasteiger partial charge in [-0.05, 0) is 37.5 Å². The Morgan fingerprint density at radius 1 is 1.14 bits per heavy atom. The fourth-order valence-corrected chi connectivity index (χ4v) is 3.49. The van der Waals surface area contributed by atoms with Crippen molar-refractivity contribution in [3.05, 3.63) is 59.1 Å². The SMILES string of the molecule is CCCOc1ccc(Cl)cc1NC(=O)N1CCC(C(=O)c2ccccc2)CC1. The van der Waals surface area contributed by atoms with Crippen LogP contribution in [0.4, 0.5) is 10.5 Å². The van der Waals surface area contributed by atoms with E-state index in [9.17, 15) is 9.59 Å². The van der Waals surface area contributed by atoms with Crippen LogP contribution in [0.3, 0.4) is 0 Å². The number of Topliss-reactive ketones (excluding diaryl/α,β-unsaturated/α-hetero) is 1. The minimum atomic E-state index is -0.200. The molecular formula is C22H25ClN2O3. The van der Waals surface area contributed by atoms with Gasteiger partial charge in [0, 0.05) is 29.6 Å². The summed E-state index contributed by atoms with van der Waals surface area (Å²) in [5.74, 6) is 0.723. The summed E-state index contributed by atoms with van der Waals surface area (Å²) in [5.41, 5.74) is 1.30. The lowest BCUT2D eigenvalue weighted by molar-refractivity contribution is 0.0859. The van der Waals surface area contributed by atoms with Gasteiger partial charge in [0.05, 0.1) is 12.3 Å². The molecule has 0 radical (unpaired) electrons. The molecule has 148 valence electrons. The standard InChI is InChI=1S/C22H25ClN2O3/c1-2-14-28-20-9-8-18(23)15-19(20)24-22(27)25-12-10-17(11-13-25)21(26)16-6-4-3-5-7-16/h3-9,15,17H,2,10-14H2,1H3,(H,24,27). The lowest BCUT2D eigenvalue weighted by atomic mass is 9.89. The Bertz CT molecular complexity index is 818. The number of benzene rings is 2. The molecule has 0 atom stereocenters. The molecule has 0 saturated carbocycles. The van der Waals surface area contributed by atoms with Gasteiger partial charge >= 0.3 is 6.03 Å². The quantitative estimate of drug-likeness (QED) is 0.673. The average Bonchev–Trinajstić information content (AvgIpc) is 2.73. The second-order valence-corrected chi connectivity index (χ2v) is 7.35. The first kappa shape index (κ1) is 20.2. The first-order valence-electron chi connectivity index (χ1n) is 9.66. The van der Waals surface area contributed by atoms with E-state index in [1.807, 2.05) is 37.3 Å². The molecule has 5 nitrogen and oxygen atoms in total. The fraction of sp³-hybridized carbons (Fsp3) is 0.364. The molecule has 1 heterocycles. The Labute approximate surface area is 170 Å². The van der Waals surface area contributed by atoms with Gasteiger partial charge in [0.25, 0.3) is 0 Å². The van der Waals surface area contributed by atoms with Crippen molar-refractivity contribution in [1.29, 1.82) is 0 Å². The number of hydrogen-bond donors (Lipinski definition) is 1. The molecule has 2 aromatic carbocycles. The van der Waals surface area contributed by atoms with Crippen LogP contribution in [0.1, 0.15) is 36.5 Å². The van der Waals surface area contributed by atoms with E-state index in [1.165, 1.54) is 0 Å². The highest BCUT2D eigenvalue weighted by Gasteiger charge is 2.28. The molecule has 0 unspecified atom stereocenters. The molecule has 1 aliphatic rings. The Morgan fingerprint density at radius 2 is 1.86 bits per heavy atom. The van der Waals surface area contributed by atoms with Crippen molar-refractivity contribution in [1.82, 2.24) is 4.90 Å². The maximum Gasteiger partial charge on any atom is 0.321 e. The Morgan fingerprint density at radius 3 is 2.54 bits per heavy atom. The Balaban J connectivity index is 1.58. The summed E-state index contributed by atoms with van der Waals surface area (Å²) in [6.45, 7) is 3.67. The molecule has 1 fully saturated rings. The molecule has 0 bridgehead atoms. The third-order valence-electron chi connectivity index (χ3n) is 4.86. The minimum Gasteiger partial charge on any atom is -0.491 e. The average molecular weight is 401 g/mol. The zero-order valence-corrected chi connectivity index (χ0v) is 16.7. The van der Waals surface area contributed by atoms with Crippen LogP contribution in [0.2, 0.25) is 5.02 Å². The zero-order chi connectivity index (χ0) is 19.9. The third-order valence-corrected chi connectivity index (χ3v) is 5.09. The van der Waals surface area contributed by atoms with E-state index >= 15 is 0 Å². The van der Waals surface area contributed by atoms with Crippen LogP contribution in [0.25, 0.3) is 0 Å². The van der Waals surface area contributed by atoms with E-state index in [2.05, 4.69) is 5.32 Å². The summed E-state index contributed by atoms with van der Waals surface area (Å²) in [7, 11) is 0. The zero-order valence-electron chi connectivity index (χ0n) is 16.0. The summed E-state index contributed by atoms with van der Waals surface area (Å²) in [5, 5.41) is 3.43. The number of likely N-dealkylation sites (tertiary alicyclic amines) is 1. The predicted molar refractivity (Wildman–Crippen MR) is 111 cm³/mol. The number of halogens is 1. The van der Waals surface area contributed by atoms with E-state index in [0.29, 0.717) is 49.0 Å². The maximum atomic E-state index is 12.7. The lowest BCUT2D eigenvalue weighted by Gasteiger charge is -2.31. The Hall–Kier alpha value is -2.53. The number of rotatable bonds is 6. The molecule has 6 heteroatoms. The molecule has 2 aromatic rings. The molecule has 0 spiro atoms. The van der Waals surface area contributed by atoms with Crippen molar-refractivity contribution >= 4 is 29.1 Å². The van der Waals surface area contributed by atoms with Crippen LogP contribution >= 0.6 is 11.6 Å². The van der Waals surface area contributed by atoms with Crippen molar-refractivity contribution in [2.75, 3.05) is 25.0 Å². The largest absolute Gasteiger partial charge is 0.491 e. The molecule has 1 N–H and O–H groups in total. The topological polar surface area (TPSA) is 58.6 Å². The summed E-state index contributed by atoms with van der Waals surface area (Å²) in [4.78, 5) is 27.0. The molecule has 3 rings (SSSR count). The van der Waals surface area contributed by atoms with Gasteiger partial charge in [-0.15, -0.1) is 0 Å². The number of hydrogen-bond acceptors (Lipinski definition) is 3. The number of nitrogens with zero attached hydrogens (tertiary/aromatic N) is 1. The van der Waals surface area contributed by atoms with E-state index in [1.54, 1.807) is 23.1 Å². The molecule has 2 amide bonds. The van der Waals surface area contributed by atoms with Crippen LogP contribution in [0.5, 0.6) is 5.75 Å². The lowest BCUT2D eigenvalue weighted by Crippen LogP contribution is -2.42. The van der Waals surface area contributed by atoms with E-state index < -0.39 is 0 Å². The number of carbonyl (C=O) groups is 2. The van der Waals surface area contributed by atoms with E-state index in [-0.39, 0.29) is 17.7 Å².